The van der Waals surface area contributed by atoms with Crippen molar-refractivity contribution in [3.63, 3.8) is 0 Å². The van der Waals surface area contributed by atoms with E-state index in [1.807, 2.05) is 6.92 Å². The molecule has 1 atom stereocenters. The molecule has 102 valence electrons. The summed E-state index contributed by atoms with van der Waals surface area (Å²) in [7, 11) is 1.65. The topological polar surface area (TPSA) is 47.0 Å². The van der Waals surface area contributed by atoms with E-state index in [0.29, 0.717) is 17.8 Å². The molecule has 18 heavy (non-hydrogen) atoms. The molecule has 4 heteroatoms. The van der Waals surface area contributed by atoms with Crippen molar-refractivity contribution in [2.75, 3.05) is 13.7 Å². The molecule has 1 unspecified atom stereocenters. The molecule has 0 bridgehead atoms. The van der Waals surface area contributed by atoms with Crippen molar-refractivity contribution < 1.29 is 4.74 Å². The third-order valence-corrected chi connectivity index (χ3v) is 3.21. The van der Waals surface area contributed by atoms with Crippen LogP contribution >= 0.6 is 0 Å². The van der Waals surface area contributed by atoms with E-state index in [9.17, 15) is 0 Å². The number of hydrogen-bond acceptors (Lipinski definition) is 4. The average molecular weight is 251 g/mol. The minimum absolute atomic E-state index is 0.447. The summed E-state index contributed by atoms with van der Waals surface area (Å²) in [5.41, 5.74) is 2.12. The molecule has 0 aliphatic carbocycles. The Hall–Kier alpha value is -1.16. The van der Waals surface area contributed by atoms with Crippen molar-refractivity contribution in [2.45, 2.75) is 46.6 Å². The van der Waals surface area contributed by atoms with Gasteiger partial charge in [-0.05, 0) is 25.8 Å². The minimum atomic E-state index is 0.447. The van der Waals surface area contributed by atoms with Gasteiger partial charge in [-0.15, -0.1) is 0 Å². The van der Waals surface area contributed by atoms with Crippen LogP contribution in [-0.4, -0.2) is 29.7 Å². The predicted molar refractivity (Wildman–Crippen MR) is 73.9 cm³/mol. The van der Waals surface area contributed by atoms with Crippen LogP contribution in [0.3, 0.4) is 0 Å². The third kappa shape index (κ3) is 3.95. The highest BCUT2D eigenvalue weighted by Crippen LogP contribution is 2.18. The Kier molecular flexibility index (Phi) is 6.05. The molecular formula is C14H25N3O. The fourth-order valence-electron chi connectivity index (χ4n) is 1.96. The van der Waals surface area contributed by atoms with Crippen LogP contribution in [0.2, 0.25) is 0 Å². The summed E-state index contributed by atoms with van der Waals surface area (Å²) in [5.74, 6) is 1.26. The third-order valence-electron chi connectivity index (χ3n) is 3.21. The van der Waals surface area contributed by atoms with Crippen molar-refractivity contribution in [3.8, 4) is 5.88 Å². The molecule has 0 saturated heterocycles. The molecule has 1 N–H and O–H groups in total. The monoisotopic (exact) mass is 251 g/mol. The van der Waals surface area contributed by atoms with Gasteiger partial charge in [0.15, 0.2) is 0 Å². The second-order valence-electron chi connectivity index (χ2n) is 4.96. The van der Waals surface area contributed by atoms with Crippen LogP contribution in [0.1, 0.15) is 38.4 Å². The standard InChI is InChI=1S/C14H25N3O/c1-6-7-15-12(10(2)3)8-13-11(4)14(18-5)17-9-16-13/h9-10,12,15H,6-8H2,1-5H3. The van der Waals surface area contributed by atoms with Gasteiger partial charge in [0.1, 0.15) is 6.33 Å². The number of hydrogen-bond donors (Lipinski definition) is 1. The SMILES string of the molecule is CCCNC(Cc1ncnc(OC)c1C)C(C)C. The number of methoxy groups -OCH3 is 1. The van der Waals surface area contributed by atoms with Gasteiger partial charge in [-0.1, -0.05) is 20.8 Å². The van der Waals surface area contributed by atoms with E-state index >= 15 is 0 Å². The molecule has 1 heterocycles. The van der Waals surface area contributed by atoms with Crippen LogP contribution in [0.25, 0.3) is 0 Å². The first-order chi connectivity index (χ1) is 8.60. The normalized spacial score (nSPS) is 12.8. The summed E-state index contributed by atoms with van der Waals surface area (Å²) in [6, 6.07) is 0.447. The van der Waals surface area contributed by atoms with Crippen LogP contribution < -0.4 is 10.1 Å². The minimum Gasteiger partial charge on any atom is -0.481 e. The Morgan fingerprint density at radius 3 is 2.61 bits per heavy atom. The fourth-order valence-corrected chi connectivity index (χ4v) is 1.96. The molecule has 0 radical (unpaired) electrons. The fraction of sp³-hybridized carbons (Fsp3) is 0.714. The van der Waals surface area contributed by atoms with Gasteiger partial charge in [-0.2, -0.15) is 0 Å². The maximum Gasteiger partial charge on any atom is 0.219 e. The number of rotatable bonds is 7. The van der Waals surface area contributed by atoms with Crippen molar-refractivity contribution in [1.82, 2.24) is 15.3 Å². The zero-order valence-corrected chi connectivity index (χ0v) is 12.2. The lowest BCUT2D eigenvalue weighted by Crippen LogP contribution is -2.36. The predicted octanol–water partition coefficient (Wildman–Crippen LogP) is 2.36. The summed E-state index contributed by atoms with van der Waals surface area (Å²) >= 11 is 0. The number of aromatic nitrogens is 2. The van der Waals surface area contributed by atoms with E-state index in [-0.39, 0.29) is 0 Å². The van der Waals surface area contributed by atoms with E-state index in [0.717, 1.165) is 30.6 Å². The van der Waals surface area contributed by atoms with Gasteiger partial charge in [-0.25, -0.2) is 9.97 Å². The molecule has 0 spiro atoms. The quantitative estimate of drug-likeness (QED) is 0.808. The van der Waals surface area contributed by atoms with Crippen molar-refractivity contribution >= 4 is 0 Å². The Morgan fingerprint density at radius 1 is 1.33 bits per heavy atom. The molecule has 0 aromatic carbocycles. The maximum atomic E-state index is 5.24. The first-order valence-electron chi connectivity index (χ1n) is 6.68. The summed E-state index contributed by atoms with van der Waals surface area (Å²) < 4.78 is 5.24. The largest absolute Gasteiger partial charge is 0.481 e. The van der Waals surface area contributed by atoms with Crippen LogP contribution in [0.4, 0.5) is 0 Å². The molecular weight excluding hydrogens is 226 g/mol. The van der Waals surface area contributed by atoms with Gasteiger partial charge in [0.05, 0.1) is 12.8 Å². The molecule has 0 amide bonds. The summed E-state index contributed by atoms with van der Waals surface area (Å²) in [6.07, 6.45) is 3.65. The smallest absolute Gasteiger partial charge is 0.219 e. The second kappa shape index (κ2) is 7.31. The second-order valence-corrected chi connectivity index (χ2v) is 4.96. The van der Waals surface area contributed by atoms with E-state index < -0.39 is 0 Å². The highest BCUT2D eigenvalue weighted by molar-refractivity contribution is 5.28. The van der Waals surface area contributed by atoms with Gasteiger partial charge >= 0.3 is 0 Å². The van der Waals surface area contributed by atoms with Crippen LogP contribution in [-0.2, 0) is 6.42 Å². The Morgan fingerprint density at radius 2 is 2.06 bits per heavy atom. The molecule has 1 aromatic heterocycles. The maximum absolute atomic E-state index is 5.24. The average Bonchev–Trinajstić information content (AvgIpc) is 2.36. The van der Waals surface area contributed by atoms with Crippen LogP contribution in [0.5, 0.6) is 5.88 Å². The van der Waals surface area contributed by atoms with E-state index in [1.54, 1.807) is 13.4 Å². The van der Waals surface area contributed by atoms with E-state index in [2.05, 4.69) is 36.1 Å². The van der Waals surface area contributed by atoms with Gasteiger partial charge in [0.2, 0.25) is 5.88 Å². The summed E-state index contributed by atoms with van der Waals surface area (Å²) in [6.45, 7) is 9.72. The van der Waals surface area contributed by atoms with Gasteiger partial charge in [0, 0.05) is 18.0 Å². The molecule has 0 aliphatic heterocycles. The molecule has 1 aromatic rings. The lowest BCUT2D eigenvalue weighted by Gasteiger charge is -2.22. The lowest BCUT2D eigenvalue weighted by atomic mass is 9.97. The number of nitrogens with one attached hydrogen (secondary N) is 1. The molecule has 0 saturated carbocycles. The zero-order chi connectivity index (χ0) is 13.5. The van der Waals surface area contributed by atoms with Gasteiger partial charge in [0.25, 0.3) is 0 Å². The molecule has 4 nitrogen and oxygen atoms in total. The van der Waals surface area contributed by atoms with E-state index in [4.69, 9.17) is 4.74 Å². The highest BCUT2D eigenvalue weighted by Gasteiger charge is 2.16. The lowest BCUT2D eigenvalue weighted by molar-refractivity contribution is 0.381. The van der Waals surface area contributed by atoms with Crippen molar-refractivity contribution in [3.05, 3.63) is 17.6 Å². The first kappa shape index (κ1) is 14.9. The van der Waals surface area contributed by atoms with Crippen LogP contribution in [0, 0.1) is 12.8 Å². The summed E-state index contributed by atoms with van der Waals surface area (Å²) in [5, 5.41) is 3.58. The molecule has 0 aliphatic rings. The first-order valence-corrected chi connectivity index (χ1v) is 6.68. The van der Waals surface area contributed by atoms with Crippen molar-refractivity contribution in [1.29, 1.82) is 0 Å². The van der Waals surface area contributed by atoms with Gasteiger partial charge < -0.3 is 10.1 Å². The zero-order valence-electron chi connectivity index (χ0n) is 12.2. The molecule has 0 fully saturated rings. The molecule has 1 rings (SSSR count). The Bertz CT molecular complexity index is 366. The number of nitrogens with zero attached hydrogens (tertiary/aromatic N) is 2. The van der Waals surface area contributed by atoms with E-state index in [1.165, 1.54) is 0 Å². The van der Waals surface area contributed by atoms with Crippen molar-refractivity contribution in [2.24, 2.45) is 5.92 Å². The highest BCUT2D eigenvalue weighted by atomic mass is 16.5. The van der Waals surface area contributed by atoms with Crippen LogP contribution in [0.15, 0.2) is 6.33 Å². The number of ether oxygens (including phenoxy) is 1. The Balaban J connectivity index is 2.80. The summed E-state index contributed by atoms with van der Waals surface area (Å²) in [4.78, 5) is 8.50. The van der Waals surface area contributed by atoms with Gasteiger partial charge in [-0.3, -0.25) is 0 Å². The Labute approximate surface area is 110 Å².